The summed E-state index contributed by atoms with van der Waals surface area (Å²) >= 11 is 5.63. The van der Waals surface area contributed by atoms with Crippen molar-refractivity contribution in [2.75, 3.05) is 13.2 Å². The number of likely N-dealkylation sites (tertiary alicyclic amines) is 1. The van der Waals surface area contributed by atoms with Crippen LogP contribution >= 0.6 is 11.6 Å². The Labute approximate surface area is 226 Å². The zero-order chi connectivity index (χ0) is 29.0. The Morgan fingerprint density at radius 1 is 1.15 bits per heavy atom. The lowest BCUT2D eigenvalue weighted by Gasteiger charge is -2.39. The van der Waals surface area contributed by atoms with E-state index in [-0.39, 0.29) is 36.0 Å². The molecule has 2 atom stereocenters. The molecule has 1 fully saturated rings. The van der Waals surface area contributed by atoms with Crippen LogP contribution in [0.5, 0.6) is 5.75 Å². The molecule has 0 saturated carbocycles. The molecule has 1 saturated heterocycles. The van der Waals surface area contributed by atoms with E-state index in [1.165, 1.54) is 12.1 Å². The molecule has 2 aromatic rings. The fourth-order valence-corrected chi connectivity index (χ4v) is 3.90. The molecule has 1 aromatic carbocycles. The van der Waals surface area contributed by atoms with E-state index in [0.717, 1.165) is 17.0 Å². The molecule has 0 bridgehead atoms. The standard InChI is InChI=1S/C25H28ClF4N3O6/c1-24(2,3)39-23(36)33-11-15(32-21(34)13-38-16-5-6-18(26)19(27)9-16)4-7-20(33)22(35)31-10-17-8-14(12-37-17)25(28,29)30/h5-6,8-9,12,15,20H,4,7,10-11,13H2,1-3H3,(H,31,35)(H,32,34)/t15?,20-/m0/s1. The van der Waals surface area contributed by atoms with Gasteiger partial charge in [0.2, 0.25) is 5.91 Å². The summed E-state index contributed by atoms with van der Waals surface area (Å²) in [4.78, 5) is 39.4. The number of halogens is 5. The van der Waals surface area contributed by atoms with Gasteiger partial charge in [0.15, 0.2) is 6.61 Å². The largest absolute Gasteiger partial charge is 0.484 e. The zero-order valence-electron chi connectivity index (χ0n) is 21.4. The van der Waals surface area contributed by atoms with Crippen molar-refractivity contribution in [3.05, 3.63) is 52.7 Å². The molecule has 2 N–H and O–H groups in total. The number of hydrogen-bond donors (Lipinski definition) is 2. The Morgan fingerprint density at radius 3 is 2.49 bits per heavy atom. The fourth-order valence-electron chi connectivity index (χ4n) is 3.78. The SMILES string of the molecule is CC(C)(C)OC(=O)N1CC(NC(=O)COc2ccc(Cl)c(F)c2)CC[C@H]1C(=O)NCc1cc(C(F)(F)F)co1. The minimum atomic E-state index is -4.59. The summed E-state index contributed by atoms with van der Waals surface area (Å²) < 4.78 is 67.5. The number of hydrogen-bond acceptors (Lipinski definition) is 6. The minimum Gasteiger partial charge on any atom is -0.484 e. The Morgan fingerprint density at radius 2 is 1.87 bits per heavy atom. The summed E-state index contributed by atoms with van der Waals surface area (Å²) in [5, 5.41) is 5.10. The van der Waals surface area contributed by atoms with Gasteiger partial charge >= 0.3 is 12.3 Å². The summed E-state index contributed by atoms with van der Waals surface area (Å²) in [5.41, 5.74) is -1.86. The van der Waals surface area contributed by atoms with Crippen LogP contribution in [-0.2, 0) is 27.0 Å². The lowest BCUT2D eigenvalue weighted by molar-refractivity contribution is -0.138. The molecular formula is C25H28ClF4N3O6. The number of carbonyl (C=O) groups excluding carboxylic acids is 3. The Balaban J connectivity index is 1.61. The van der Waals surface area contributed by atoms with E-state index in [0.29, 0.717) is 12.7 Å². The average Bonchev–Trinajstić information content (AvgIpc) is 3.32. The maximum atomic E-state index is 13.6. The van der Waals surface area contributed by atoms with Gasteiger partial charge in [-0.15, -0.1) is 0 Å². The summed E-state index contributed by atoms with van der Waals surface area (Å²) in [6, 6.07) is 2.95. The molecular weight excluding hydrogens is 550 g/mol. The third-order valence-electron chi connectivity index (χ3n) is 5.56. The normalized spacial score (nSPS) is 17.9. The molecule has 14 heteroatoms. The maximum absolute atomic E-state index is 13.6. The first-order valence-corrected chi connectivity index (χ1v) is 12.3. The number of alkyl halides is 3. The molecule has 214 valence electrons. The lowest BCUT2D eigenvalue weighted by atomic mass is 9.97. The highest BCUT2D eigenvalue weighted by Gasteiger charge is 2.39. The highest BCUT2D eigenvalue weighted by atomic mass is 35.5. The molecule has 2 heterocycles. The van der Waals surface area contributed by atoms with Crippen LogP contribution in [-0.4, -0.2) is 53.6 Å². The van der Waals surface area contributed by atoms with Crippen LogP contribution in [0.3, 0.4) is 0 Å². The average molecular weight is 578 g/mol. The van der Waals surface area contributed by atoms with Gasteiger partial charge in [-0.25, -0.2) is 9.18 Å². The van der Waals surface area contributed by atoms with Crippen molar-refractivity contribution in [2.24, 2.45) is 0 Å². The monoisotopic (exact) mass is 577 g/mol. The number of ether oxygens (including phenoxy) is 2. The summed E-state index contributed by atoms with van der Waals surface area (Å²) in [6.45, 7) is 4.11. The highest BCUT2D eigenvalue weighted by Crippen LogP contribution is 2.30. The number of furan rings is 1. The van der Waals surface area contributed by atoms with E-state index < -0.39 is 59.8 Å². The summed E-state index contributed by atoms with van der Waals surface area (Å²) in [5.74, 6) is -1.88. The maximum Gasteiger partial charge on any atom is 0.419 e. The van der Waals surface area contributed by atoms with Crippen molar-refractivity contribution in [2.45, 2.75) is 64.0 Å². The predicted molar refractivity (Wildman–Crippen MR) is 130 cm³/mol. The summed E-state index contributed by atoms with van der Waals surface area (Å²) in [6.07, 6.45) is -4.40. The second-order valence-corrected chi connectivity index (χ2v) is 10.3. The number of nitrogens with zero attached hydrogens (tertiary/aromatic N) is 1. The Kier molecular flexibility index (Phi) is 9.36. The van der Waals surface area contributed by atoms with Gasteiger partial charge in [-0.05, 0) is 51.8 Å². The number of rotatable bonds is 7. The molecule has 39 heavy (non-hydrogen) atoms. The van der Waals surface area contributed by atoms with Crippen LogP contribution < -0.4 is 15.4 Å². The van der Waals surface area contributed by atoms with Gasteiger partial charge in [0.25, 0.3) is 5.91 Å². The van der Waals surface area contributed by atoms with Crippen molar-refractivity contribution >= 4 is 29.5 Å². The Hall–Kier alpha value is -3.48. The minimum absolute atomic E-state index is 0.0761. The van der Waals surface area contributed by atoms with Crippen molar-refractivity contribution < 1.29 is 45.8 Å². The van der Waals surface area contributed by atoms with E-state index in [4.69, 9.17) is 25.5 Å². The number of nitrogens with one attached hydrogen (secondary N) is 2. The first-order chi connectivity index (χ1) is 18.1. The second-order valence-electron chi connectivity index (χ2n) is 9.87. The number of amides is 3. The van der Waals surface area contributed by atoms with Crippen molar-refractivity contribution in [3.63, 3.8) is 0 Å². The number of benzene rings is 1. The molecule has 0 radical (unpaired) electrons. The van der Waals surface area contributed by atoms with Crippen LogP contribution in [0.1, 0.15) is 44.9 Å². The third-order valence-corrected chi connectivity index (χ3v) is 5.86. The molecule has 1 aliphatic rings. The quantitative estimate of drug-likeness (QED) is 0.463. The first kappa shape index (κ1) is 30.1. The van der Waals surface area contributed by atoms with Gasteiger partial charge in [0.1, 0.15) is 35.2 Å². The van der Waals surface area contributed by atoms with Crippen molar-refractivity contribution in [1.29, 1.82) is 0 Å². The van der Waals surface area contributed by atoms with E-state index >= 15 is 0 Å². The fraction of sp³-hybridized carbons (Fsp3) is 0.480. The van der Waals surface area contributed by atoms with Gasteiger partial charge in [-0.1, -0.05) is 11.6 Å². The molecule has 3 amide bonds. The van der Waals surface area contributed by atoms with E-state index in [9.17, 15) is 31.9 Å². The molecule has 0 spiro atoms. The van der Waals surface area contributed by atoms with Crippen LogP contribution in [0.15, 0.2) is 34.9 Å². The van der Waals surface area contributed by atoms with Crippen LogP contribution in [0, 0.1) is 5.82 Å². The van der Waals surface area contributed by atoms with Gasteiger partial charge < -0.3 is 24.5 Å². The summed E-state index contributed by atoms with van der Waals surface area (Å²) in [7, 11) is 0. The van der Waals surface area contributed by atoms with E-state index in [2.05, 4.69) is 10.6 Å². The predicted octanol–water partition coefficient (Wildman–Crippen LogP) is 4.67. The molecule has 1 aliphatic heterocycles. The highest BCUT2D eigenvalue weighted by molar-refractivity contribution is 6.30. The molecule has 1 unspecified atom stereocenters. The molecule has 3 rings (SSSR count). The number of piperidine rings is 1. The third kappa shape index (κ3) is 8.77. The van der Waals surface area contributed by atoms with Crippen LogP contribution in [0.25, 0.3) is 0 Å². The second kappa shape index (κ2) is 12.1. The topological polar surface area (TPSA) is 110 Å². The van der Waals surface area contributed by atoms with E-state index in [1.54, 1.807) is 20.8 Å². The Bertz CT molecular complexity index is 1200. The zero-order valence-corrected chi connectivity index (χ0v) is 22.1. The van der Waals surface area contributed by atoms with E-state index in [1.807, 2.05) is 0 Å². The number of carbonyl (C=O) groups is 3. The van der Waals surface area contributed by atoms with Gasteiger partial charge in [-0.3, -0.25) is 14.5 Å². The molecule has 1 aromatic heterocycles. The van der Waals surface area contributed by atoms with Crippen molar-refractivity contribution in [3.8, 4) is 5.75 Å². The smallest absolute Gasteiger partial charge is 0.419 e. The van der Waals surface area contributed by atoms with Crippen molar-refractivity contribution in [1.82, 2.24) is 15.5 Å². The van der Waals surface area contributed by atoms with Crippen LogP contribution in [0.4, 0.5) is 22.4 Å². The van der Waals surface area contributed by atoms with Gasteiger partial charge in [0.05, 0.1) is 17.1 Å². The van der Waals surface area contributed by atoms with Crippen LogP contribution in [0.2, 0.25) is 5.02 Å². The first-order valence-electron chi connectivity index (χ1n) is 11.9. The lowest BCUT2D eigenvalue weighted by Crippen LogP contribution is -2.59. The molecule has 0 aliphatic carbocycles. The van der Waals surface area contributed by atoms with Gasteiger partial charge in [-0.2, -0.15) is 13.2 Å². The molecule has 9 nitrogen and oxygen atoms in total. The van der Waals surface area contributed by atoms with Gasteiger partial charge in [0, 0.05) is 18.7 Å².